The van der Waals surface area contributed by atoms with Crippen LogP contribution in [0.2, 0.25) is 0 Å². The van der Waals surface area contributed by atoms with E-state index in [1.807, 2.05) is 12.1 Å². The molecule has 3 aliphatic rings. The molecule has 1 saturated heterocycles. The fourth-order valence-corrected chi connectivity index (χ4v) is 3.72. The van der Waals surface area contributed by atoms with E-state index in [4.69, 9.17) is 14.3 Å². The van der Waals surface area contributed by atoms with Crippen LogP contribution in [0.25, 0.3) is 0 Å². The molecule has 24 heavy (non-hydrogen) atoms. The van der Waals surface area contributed by atoms with Gasteiger partial charge in [0, 0.05) is 24.8 Å². The minimum atomic E-state index is -0.372. The van der Waals surface area contributed by atoms with Gasteiger partial charge in [0.2, 0.25) is 0 Å². The van der Waals surface area contributed by atoms with E-state index in [1.54, 1.807) is 0 Å². The molecule has 2 fully saturated rings. The Morgan fingerprint density at radius 3 is 2.58 bits per heavy atom. The molecule has 1 aromatic carbocycles. The standard InChI is InChI=1S/C20H23NO3/c1-16-4-2-5-17(14-16)6-7-18-15-19(24-21-18)8-10-20(11-9-19)22-12-3-13-23-20/h2,4-5,14H,3,8-13,15H2,1H3. The SMILES string of the molecule is Cc1cccc(C#CC2=NOC3(CCC4(CC3)OCCCO4)C2)c1. The maximum Gasteiger partial charge on any atom is 0.168 e. The van der Waals surface area contributed by atoms with Crippen molar-refractivity contribution in [3.63, 3.8) is 0 Å². The summed E-state index contributed by atoms with van der Waals surface area (Å²) in [5.74, 6) is 6.00. The number of hydrogen-bond donors (Lipinski definition) is 0. The number of nitrogens with zero attached hydrogens (tertiary/aromatic N) is 1. The van der Waals surface area contributed by atoms with Gasteiger partial charge in [0.1, 0.15) is 11.3 Å². The third-order valence-corrected chi connectivity index (χ3v) is 5.15. The summed E-state index contributed by atoms with van der Waals surface area (Å²) in [7, 11) is 0. The Kier molecular flexibility index (Phi) is 4.07. The van der Waals surface area contributed by atoms with Gasteiger partial charge >= 0.3 is 0 Å². The van der Waals surface area contributed by atoms with Crippen molar-refractivity contribution in [2.75, 3.05) is 13.2 Å². The van der Waals surface area contributed by atoms with Gasteiger partial charge in [0.05, 0.1) is 13.2 Å². The fourth-order valence-electron chi connectivity index (χ4n) is 3.72. The van der Waals surface area contributed by atoms with Gasteiger partial charge in [-0.15, -0.1) is 0 Å². The zero-order valence-corrected chi connectivity index (χ0v) is 14.1. The molecule has 4 nitrogen and oxygen atoms in total. The van der Waals surface area contributed by atoms with Crippen molar-refractivity contribution in [3.05, 3.63) is 35.4 Å². The van der Waals surface area contributed by atoms with E-state index < -0.39 is 0 Å². The first kappa shape index (κ1) is 15.7. The van der Waals surface area contributed by atoms with E-state index >= 15 is 0 Å². The molecule has 0 unspecified atom stereocenters. The smallest absolute Gasteiger partial charge is 0.168 e. The molecule has 0 bridgehead atoms. The Morgan fingerprint density at radius 2 is 1.83 bits per heavy atom. The van der Waals surface area contributed by atoms with Gasteiger partial charge < -0.3 is 14.3 Å². The van der Waals surface area contributed by atoms with Gasteiger partial charge in [-0.25, -0.2) is 0 Å². The predicted octanol–water partition coefficient (Wildman–Crippen LogP) is 3.57. The molecule has 2 heterocycles. The molecule has 0 atom stereocenters. The third-order valence-electron chi connectivity index (χ3n) is 5.15. The zero-order valence-electron chi connectivity index (χ0n) is 14.1. The summed E-state index contributed by atoms with van der Waals surface area (Å²) in [4.78, 5) is 5.81. The van der Waals surface area contributed by atoms with E-state index in [2.05, 4.69) is 36.1 Å². The zero-order chi connectivity index (χ0) is 16.5. The molecule has 0 N–H and O–H groups in total. The summed E-state index contributed by atoms with van der Waals surface area (Å²) < 4.78 is 11.8. The van der Waals surface area contributed by atoms with E-state index in [9.17, 15) is 0 Å². The van der Waals surface area contributed by atoms with Crippen molar-refractivity contribution in [2.24, 2.45) is 5.16 Å². The molecule has 2 spiro atoms. The van der Waals surface area contributed by atoms with Crippen LogP contribution in [-0.4, -0.2) is 30.3 Å². The molecule has 1 aromatic rings. The van der Waals surface area contributed by atoms with Crippen molar-refractivity contribution in [2.45, 2.75) is 56.8 Å². The van der Waals surface area contributed by atoms with Crippen molar-refractivity contribution in [3.8, 4) is 11.8 Å². The molecule has 1 saturated carbocycles. The van der Waals surface area contributed by atoms with Crippen molar-refractivity contribution in [1.82, 2.24) is 0 Å². The number of benzene rings is 1. The first-order chi connectivity index (χ1) is 11.7. The average molecular weight is 325 g/mol. The molecule has 0 radical (unpaired) electrons. The largest absolute Gasteiger partial charge is 0.388 e. The van der Waals surface area contributed by atoms with E-state index in [0.717, 1.165) is 63.0 Å². The summed E-state index contributed by atoms with van der Waals surface area (Å²) in [6.45, 7) is 3.68. The number of oxime groups is 1. The minimum absolute atomic E-state index is 0.202. The lowest BCUT2D eigenvalue weighted by Gasteiger charge is -2.44. The van der Waals surface area contributed by atoms with E-state index in [-0.39, 0.29) is 11.4 Å². The highest BCUT2D eigenvalue weighted by atomic mass is 16.7. The first-order valence-electron chi connectivity index (χ1n) is 8.79. The second-order valence-electron chi connectivity index (χ2n) is 7.07. The Labute approximate surface area is 143 Å². The Hall–Kier alpha value is -1.83. The maximum absolute atomic E-state index is 5.91. The lowest BCUT2D eigenvalue weighted by atomic mass is 9.78. The van der Waals surface area contributed by atoms with Crippen LogP contribution in [0, 0.1) is 18.8 Å². The van der Waals surface area contributed by atoms with Crippen LogP contribution in [0.3, 0.4) is 0 Å². The molecule has 2 aliphatic heterocycles. The molecular formula is C20H23NO3. The predicted molar refractivity (Wildman–Crippen MR) is 91.6 cm³/mol. The van der Waals surface area contributed by atoms with Gasteiger partial charge in [-0.3, -0.25) is 0 Å². The minimum Gasteiger partial charge on any atom is -0.388 e. The Bertz CT molecular complexity index is 697. The monoisotopic (exact) mass is 325 g/mol. The average Bonchev–Trinajstić information content (AvgIpc) is 3.01. The van der Waals surface area contributed by atoms with Crippen LogP contribution in [0.5, 0.6) is 0 Å². The topological polar surface area (TPSA) is 40.0 Å². The summed E-state index contributed by atoms with van der Waals surface area (Å²) in [6.07, 6.45) is 5.35. The van der Waals surface area contributed by atoms with Crippen LogP contribution < -0.4 is 0 Å². The lowest BCUT2D eigenvalue weighted by molar-refractivity contribution is -0.293. The number of ether oxygens (including phenoxy) is 2. The molecular weight excluding hydrogens is 302 g/mol. The Morgan fingerprint density at radius 1 is 1.04 bits per heavy atom. The fraction of sp³-hybridized carbons (Fsp3) is 0.550. The number of rotatable bonds is 0. The second-order valence-corrected chi connectivity index (χ2v) is 7.07. The lowest BCUT2D eigenvalue weighted by Crippen LogP contribution is -2.48. The first-order valence-corrected chi connectivity index (χ1v) is 8.79. The number of hydrogen-bond acceptors (Lipinski definition) is 4. The summed E-state index contributed by atoms with van der Waals surface area (Å²) in [5.41, 5.74) is 2.88. The van der Waals surface area contributed by atoms with Crippen LogP contribution in [0.15, 0.2) is 29.4 Å². The van der Waals surface area contributed by atoms with Crippen LogP contribution in [-0.2, 0) is 14.3 Å². The quantitative estimate of drug-likeness (QED) is 0.685. The van der Waals surface area contributed by atoms with Gasteiger partial charge in [0.25, 0.3) is 0 Å². The van der Waals surface area contributed by atoms with Crippen LogP contribution in [0.1, 0.15) is 49.7 Å². The Balaban J connectivity index is 1.38. The van der Waals surface area contributed by atoms with Crippen molar-refractivity contribution in [1.29, 1.82) is 0 Å². The highest BCUT2D eigenvalue weighted by Gasteiger charge is 2.49. The summed E-state index contributed by atoms with van der Waals surface area (Å²) in [5, 5.41) is 4.25. The van der Waals surface area contributed by atoms with Crippen molar-refractivity contribution < 1.29 is 14.3 Å². The van der Waals surface area contributed by atoms with Gasteiger partial charge in [-0.2, -0.15) is 0 Å². The molecule has 4 heteroatoms. The van der Waals surface area contributed by atoms with Crippen LogP contribution >= 0.6 is 0 Å². The summed E-state index contributed by atoms with van der Waals surface area (Å²) >= 11 is 0. The molecule has 0 aromatic heterocycles. The normalized spacial score (nSPS) is 24.1. The third kappa shape index (κ3) is 3.19. The maximum atomic E-state index is 5.91. The van der Waals surface area contributed by atoms with Gasteiger partial charge in [0.15, 0.2) is 5.79 Å². The van der Waals surface area contributed by atoms with Gasteiger partial charge in [-0.05, 0) is 49.8 Å². The van der Waals surface area contributed by atoms with E-state index in [1.165, 1.54) is 5.56 Å². The summed E-state index contributed by atoms with van der Waals surface area (Å²) in [6, 6.07) is 8.21. The molecule has 1 aliphatic carbocycles. The molecule has 4 rings (SSSR count). The van der Waals surface area contributed by atoms with Crippen molar-refractivity contribution >= 4 is 5.71 Å². The highest BCUT2D eigenvalue weighted by Crippen LogP contribution is 2.45. The molecule has 126 valence electrons. The van der Waals surface area contributed by atoms with E-state index in [0.29, 0.717) is 0 Å². The number of aryl methyl sites for hydroxylation is 1. The molecule has 0 amide bonds. The second kappa shape index (κ2) is 6.23. The van der Waals surface area contributed by atoms with Crippen LogP contribution in [0.4, 0.5) is 0 Å². The van der Waals surface area contributed by atoms with Gasteiger partial charge in [-0.1, -0.05) is 23.2 Å². The highest BCUT2D eigenvalue weighted by molar-refractivity contribution is 6.01.